The molecule has 0 radical (unpaired) electrons. The van der Waals surface area contributed by atoms with Crippen molar-refractivity contribution in [2.75, 3.05) is 7.05 Å². The summed E-state index contributed by atoms with van der Waals surface area (Å²) in [4.78, 5) is 1.95. The fourth-order valence-corrected chi connectivity index (χ4v) is 2.50. The van der Waals surface area contributed by atoms with E-state index in [2.05, 4.69) is 11.9 Å². The van der Waals surface area contributed by atoms with Gasteiger partial charge in [0.15, 0.2) is 0 Å². The van der Waals surface area contributed by atoms with E-state index in [1.165, 1.54) is 12.1 Å². The molecule has 0 atom stereocenters. The van der Waals surface area contributed by atoms with E-state index >= 15 is 0 Å². The lowest BCUT2D eigenvalue weighted by atomic mass is 10.1. The Kier molecular flexibility index (Phi) is 3.59. The van der Waals surface area contributed by atoms with Gasteiger partial charge in [-0.2, -0.15) is 0 Å². The molecular formula is C18H17FN2O. The van der Waals surface area contributed by atoms with Crippen LogP contribution in [0.2, 0.25) is 0 Å². The molecule has 0 amide bonds. The van der Waals surface area contributed by atoms with E-state index in [9.17, 15) is 4.39 Å². The molecule has 0 aliphatic carbocycles. The summed E-state index contributed by atoms with van der Waals surface area (Å²) in [7, 11) is 1.85. The van der Waals surface area contributed by atoms with Gasteiger partial charge in [-0.05, 0) is 43.3 Å². The maximum Gasteiger partial charge on any atom is 0.135 e. The average molecular weight is 296 g/mol. The minimum atomic E-state index is -0.271. The van der Waals surface area contributed by atoms with E-state index in [0.29, 0.717) is 11.3 Å². The number of rotatable bonds is 3. The minimum Gasteiger partial charge on any atom is -0.456 e. The maximum atomic E-state index is 13.3. The Morgan fingerprint density at radius 1 is 1.27 bits per heavy atom. The molecule has 1 aliphatic heterocycles. The lowest BCUT2D eigenvalue weighted by molar-refractivity contribution is 0.538. The fourth-order valence-electron chi connectivity index (χ4n) is 2.50. The Morgan fingerprint density at radius 2 is 2.09 bits per heavy atom. The fraction of sp³-hybridized carbons (Fsp3) is 0.111. The zero-order valence-corrected chi connectivity index (χ0v) is 12.6. The van der Waals surface area contributed by atoms with Crippen LogP contribution < -0.4 is 5.32 Å². The van der Waals surface area contributed by atoms with Crippen molar-refractivity contribution in [1.29, 1.82) is 0 Å². The van der Waals surface area contributed by atoms with Gasteiger partial charge < -0.3 is 14.6 Å². The normalized spacial score (nSPS) is 15.4. The molecule has 0 saturated carbocycles. The maximum absolute atomic E-state index is 13.3. The summed E-state index contributed by atoms with van der Waals surface area (Å²) in [5, 5.41) is 3.93. The third kappa shape index (κ3) is 2.44. The number of hydrogen-bond donors (Lipinski definition) is 1. The van der Waals surface area contributed by atoms with Gasteiger partial charge in [0, 0.05) is 29.9 Å². The first-order chi connectivity index (χ1) is 10.6. The van der Waals surface area contributed by atoms with Crippen molar-refractivity contribution >= 4 is 16.5 Å². The Morgan fingerprint density at radius 3 is 2.82 bits per heavy atom. The standard InChI is InChI=1S/C18H17FN2O/c1-12-6-4-5-9-21(12)18(20-3)13(2)17-11-14-10-15(19)7-8-16(14)22-17/h4-11,20H,1H2,2-3H3/b18-13+. The lowest BCUT2D eigenvalue weighted by Crippen LogP contribution is -2.26. The number of halogens is 1. The highest BCUT2D eigenvalue weighted by Gasteiger charge is 2.16. The van der Waals surface area contributed by atoms with Crippen LogP contribution in [0.15, 0.2) is 71.2 Å². The molecule has 4 heteroatoms. The van der Waals surface area contributed by atoms with Gasteiger partial charge in [-0.1, -0.05) is 12.7 Å². The van der Waals surface area contributed by atoms with Gasteiger partial charge in [-0.3, -0.25) is 0 Å². The van der Waals surface area contributed by atoms with E-state index in [1.54, 1.807) is 6.07 Å². The van der Waals surface area contributed by atoms with E-state index in [0.717, 1.165) is 22.5 Å². The van der Waals surface area contributed by atoms with Gasteiger partial charge in [0.1, 0.15) is 23.0 Å². The lowest BCUT2D eigenvalue weighted by Gasteiger charge is -2.26. The molecule has 1 aromatic carbocycles. The first-order valence-corrected chi connectivity index (χ1v) is 7.01. The van der Waals surface area contributed by atoms with E-state index in [4.69, 9.17) is 4.42 Å². The summed E-state index contributed by atoms with van der Waals surface area (Å²) in [6, 6.07) is 6.35. The molecule has 2 heterocycles. The Labute approximate surface area is 128 Å². The average Bonchev–Trinajstić information content (AvgIpc) is 2.92. The van der Waals surface area contributed by atoms with Crippen LogP contribution in [0.3, 0.4) is 0 Å². The van der Waals surface area contributed by atoms with Crippen LogP contribution in [0.5, 0.6) is 0 Å². The van der Waals surface area contributed by atoms with Crippen molar-refractivity contribution in [3.05, 3.63) is 78.4 Å². The van der Waals surface area contributed by atoms with Gasteiger partial charge in [-0.15, -0.1) is 0 Å². The molecule has 3 rings (SSSR count). The Balaban J connectivity index is 2.07. The molecule has 1 aliphatic rings. The highest BCUT2D eigenvalue weighted by atomic mass is 19.1. The summed E-state index contributed by atoms with van der Waals surface area (Å²) in [5.74, 6) is 1.29. The molecular weight excluding hydrogens is 279 g/mol. The third-order valence-corrected chi connectivity index (χ3v) is 3.63. The van der Waals surface area contributed by atoms with Gasteiger partial charge in [0.05, 0.1) is 0 Å². The molecule has 0 unspecified atom stereocenters. The molecule has 0 saturated heterocycles. The summed E-state index contributed by atoms with van der Waals surface area (Å²) < 4.78 is 19.1. The van der Waals surface area contributed by atoms with Crippen molar-refractivity contribution in [3.63, 3.8) is 0 Å². The molecule has 3 nitrogen and oxygen atoms in total. The van der Waals surface area contributed by atoms with E-state index in [1.807, 2.05) is 49.4 Å². The van der Waals surface area contributed by atoms with Crippen molar-refractivity contribution in [2.45, 2.75) is 6.92 Å². The number of nitrogens with zero attached hydrogens (tertiary/aromatic N) is 1. The predicted octanol–water partition coefficient (Wildman–Crippen LogP) is 4.38. The summed E-state index contributed by atoms with van der Waals surface area (Å²) in [6.45, 7) is 5.99. The summed E-state index contributed by atoms with van der Waals surface area (Å²) in [6.07, 6.45) is 7.73. The van der Waals surface area contributed by atoms with Crippen molar-refractivity contribution < 1.29 is 8.81 Å². The van der Waals surface area contributed by atoms with Crippen LogP contribution >= 0.6 is 0 Å². The molecule has 2 aromatic rings. The number of hydrogen-bond acceptors (Lipinski definition) is 3. The molecule has 112 valence electrons. The second kappa shape index (κ2) is 5.56. The summed E-state index contributed by atoms with van der Waals surface area (Å²) >= 11 is 0. The molecule has 0 fully saturated rings. The topological polar surface area (TPSA) is 28.4 Å². The largest absolute Gasteiger partial charge is 0.456 e. The molecule has 22 heavy (non-hydrogen) atoms. The van der Waals surface area contributed by atoms with Crippen LogP contribution in [-0.2, 0) is 0 Å². The number of allylic oxidation sites excluding steroid dienone is 4. The van der Waals surface area contributed by atoms with E-state index in [-0.39, 0.29) is 5.82 Å². The second-order valence-corrected chi connectivity index (χ2v) is 5.08. The van der Waals surface area contributed by atoms with Gasteiger partial charge >= 0.3 is 0 Å². The first kappa shape index (κ1) is 14.2. The second-order valence-electron chi connectivity index (χ2n) is 5.08. The highest BCUT2D eigenvalue weighted by Crippen LogP contribution is 2.29. The van der Waals surface area contributed by atoms with Crippen molar-refractivity contribution in [2.24, 2.45) is 0 Å². The number of nitrogens with one attached hydrogen (secondary N) is 1. The zero-order chi connectivity index (χ0) is 15.7. The molecule has 1 N–H and O–H groups in total. The molecule has 0 spiro atoms. The first-order valence-electron chi connectivity index (χ1n) is 7.01. The number of furan rings is 1. The van der Waals surface area contributed by atoms with Crippen LogP contribution in [0, 0.1) is 5.82 Å². The van der Waals surface area contributed by atoms with Crippen molar-refractivity contribution in [3.8, 4) is 0 Å². The zero-order valence-electron chi connectivity index (χ0n) is 12.6. The Bertz CT molecular complexity index is 827. The van der Waals surface area contributed by atoms with Crippen LogP contribution in [0.1, 0.15) is 12.7 Å². The minimum absolute atomic E-state index is 0.271. The van der Waals surface area contributed by atoms with Gasteiger partial charge in [0.25, 0.3) is 0 Å². The Hall–Kier alpha value is -2.75. The molecule has 1 aromatic heterocycles. The van der Waals surface area contributed by atoms with Crippen LogP contribution in [-0.4, -0.2) is 11.9 Å². The SMILES string of the molecule is C=C1C=CC=CN1/C(NC)=C(\C)c1cc2cc(F)ccc2o1. The van der Waals surface area contributed by atoms with Gasteiger partial charge in [-0.25, -0.2) is 4.39 Å². The van der Waals surface area contributed by atoms with Crippen LogP contribution in [0.4, 0.5) is 4.39 Å². The molecule has 0 bridgehead atoms. The smallest absolute Gasteiger partial charge is 0.135 e. The third-order valence-electron chi connectivity index (χ3n) is 3.63. The van der Waals surface area contributed by atoms with Gasteiger partial charge in [0.2, 0.25) is 0 Å². The quantitative estimate of drug-likeness (QED) is 0.911. The monoisotopic (exact) mass is 296 g/mol. The number of benzene rings is 1. The predicted molar refractivity (Wildman–Crippen MR) is 87.1 cm³/mol. The highest BCUT2D eigenvalue weighted by molar-refractivity contribution is 5.82. The van der Waals surface area contributed by atoms with E-state index < -0.39 is 0 Å². The number of fused-ring (bicyclic) bond motifs is 1. The van der Waals surface area contributed by atoms with Crippen molar-refractivity contribution in [1.82, 2.24) is 10.2 Å². The summed E-state index contributed by atoms with van der Waals surface area (Å²) in [5.41, 5.74) is 2.44. The van der Waals surface area contributed by atoms with Crippen LogP contribution in [0.25, 0.3) is 16.5 Å².